The van der Waals surface area contributed by atoms with Gasteiger partial charge >= 0.3 is 11.9 Å². The molecular formula is C26H25O4S+. The van der Waals surface area contributed by atoms with Crippen LogP contribution in [0.25, 0.3) is 0 Å². The van der Waals surface area contributed by atoms with Crippen LogP contribution in [0.3, 0.4) is 0 Å². The van der Waals surface area contributed by atoms with Crippen molar-refractivity contribution >= 4 is 22.8 Å². The van der Waals surface area contributed by atoms with Gasteiger partial charge in [0.05, 0.1) is 17.5 Å². The number of hydrogen-bond acceptors (Lipinski definition) is 4. The fraction of sp³-hybridized carbons (Fsp3) is 0.154. The molecule has 0 fully saturated rings. The molecule has 5 heteroatoms. The molecule has 0 amide bonds. The van der Waals surface area contributed by atoms with Gasteiger partial charge in [0.2, 0.25) is 0 Å². The van der Waals surface area contributed by atoms with E-state index in [9.17, 15) is 9.59 Å². The standard InChI is InChI=1S/C26H25O4S/c1-2-25(27)29-20-10-9-15-26(28)30-21-16-18-24(19-17-21)31(22-11-5-3-6-12-22)23-13-7-4-8-14-23/h2-8,11-14,16-19H,1,9-10,15,20H2/q+1. The molecule has 0 unspecified atom stereocenters. The minimum atomic E-state index is -0.451. The number of carbonyl (C=O) groups excluding carboxylic acids is 2. The highest BCUT2D eigenvalue weighted by Crippen LogP contribution is 2.31. The van der Waals surface area contributed by atoms with Crippen LogP contribution in [-0.4, -0.2) is 18.5 Å². The third-order valence-electron chi connectivity index (χ3n) is 4.44. The molecule has 0 saturated heterocycles. The molecule has 158 valence electrons. The summed E-state index contributed by atoms with van der Waals surface area (Å²) in [5, 5.41) is 0. The van der Waals surface area contributed by atoms with E-state index >= 15 is 0 Å². The van der Waals surface area contributed by atoms with E-state index in [2.05, 4.69) is 30.8 Å². The van der Waals surface area contributed by atoms with Crippen molar-refractivity contribution in [3.8, 4) is 5.75 Å². The lowest BCUT2D eigenvalue weighted by molar-refractivity contribution is -0.137. The van der Waals surface area contributed by atoms with E-state index in [1.165, 1.54) is 9.79 Å². The summed E-state index contributed by atoms with van der Waals surface area (Å²) in [5.41, 5.74) is 0. The largest absolute Gasteiger partial charge is 0.463 e. The van der Waals surface area contributed by atoms with E-state index in [0.29, 0.717) is 18.6 Å². The Hall–Kier alpha value is -3.31. The van der Waals surface area contributed by atoms with E-state index < -0.39 is 5.97 Å². The molecule has 0 aliphatic carbocycles. The van der Waals surface area contributed by atoms with Gasteiger partial charge in [-0.25, -0.2) is 4.79 Å². The SMILES string of the molecule is C=CC(=O)OCCCCC(=O)Oc1ccc([S+](c2ccccc2)c2ccccc2)cc1. The summed E-state index contributed by atoms with van der Waals surface area (Å²) in [6.45, 7) is 3.61. The molecule has 0 heterocycles. The molecule has 31 heavy (non-hydrogen) atoms. The summed E-state index contributed by atoms with van der Waals surface area (Å²) in [4.78, 5) is 26.7. The monoisotopic (exact) mass is 433 g/mol. The second kappa shape index (κ2) is 11.8. The first-order valence-corrected chi connectivity index (χ1v) is 11.3. The molecule has 3 aromatic rings. The normalized spacial score (nSPS) is 10.5. The van der Waals surface area contributed by atoms with E-state index in [0.717, 1.165) is 11.0 Å². The summed E-state index contributed by atoms with van der Waals surface area (Å²) in [7, 11) is -0.237. The zero-order valence-corrected chi connectivity index (χ0v) is 18.1. The molecule has 3 aromatic carbocycles. The van der Waals surface area contributed by atoms with Gasteiger partial charge in [0.25, 0.3) is 0 Å². The molecular weight excluding hydrogens is 408 g/mol. The summed E-state index contributed by atoms with van der Waals surface area (Å²) in [5.74, 6) is -0.225. The fourth-order valence-electron chi connectivity index (χ4n) is 2.95. The van der Waals surface area contributed by atoms with Crippen LogP contribution in [0.2, 0.25) is 0 Å². The number of carbonyl (C=O) groups is 2. The molecule has 0 atom stereocenters. The highest BCUT2D eigenvalue weighted by atomic mass is 32.2. The highest BCUT2D eigenvalue weighted by molar-refractivity contribution is 7.97. The summed E-state index contributed by atoms with van der Waals surface area (Å²) < 4.78 is 10.3. The molecule has 0 radical (unpaired) electrons. The van der Waals surface area contributed by atoms with Crippen molar-refractivity contribution in [1.82, 2.24) is 0 Å². The van der Waals surface area contributed by atoms with Gasteiger partial charge in [0, 0.05) is 12.5 Å². The summed E-state index contributed by atoms with van der Waals surface area (Å²) >= 11 is 0. The van der Waals surface area contributed by atoms with E-state index in [4.69, 9.17) is 9.47 Å². The molecule has 0 spiro atoms. The maximum Gasteiger partial charge on any atom is 0.330 e. The van der Waals surface area contributed by atoms with Crippen LogP contribution in [0.5, 0.6) is 5.75 Å². The number of ether oxygens (including phenoxy) is 2. The van der Waals surface area contributed by atoms with Gasteiger partial charge < -0.3 is 9.47 Å². The number of esters is 2. The average Bonchev–Trinajstić information content (AvgIpc) is 2.81. The Morgan fingerprint density at radius 1 is 0.774 bits per heavy atom. The Balaban J connectivity index is 1.61. The maximum absolute atomic E-state index is 12.1. The Kier molecular flexibility index (Phi) is 8.49. The summed E-state index contributed by atoms with van der Waals surface area (Å²) in [6, 6.07) is 28.5. The quantitative estimate of drug-likeness (QED) is 0.138. The lowest BCUT2D eigenvalue weighted by Gasteiger charge is -2.09. The molecule has 0 aromatic heterocycles. The first kappa shape index (κ1) is 22.4. The topological polar surface area (TPSA) is 52.6 Å². The van der Waals surface area contributed by atoms with Gasteiger partial charge in [-0.05, 0) is 61.4 Å². The zero-order valence-electron chi connectivity index (χ0n) is 17.2. The average molecular weight is 434 g/mol. The third kappa shape index (κ3) is 6.86. The summed E-state index contributed by atoms with van der Waals surface area (Å²) in [6.07, 6.45) is 2.59. The number of hydrogen-bond donors (Lipinski definition) is 0. The van der Waals surface area contributed by atoms with Gasteiger partial charge in [-0.1, -0.05) is 43.0 Å². The van der Waals surface area contributed by atoms with Gasteiger partial charge in [-0.3, -0.25) is 4.79 Å². The number of rotatable bonds is 10. The number of benzene rings is 3. The van der Waals surface area contributed by atoms with Gasteiger partial charge in [-0.2, -0.15) is 0 Å². The molecule has 0 saturated carbocycles. The first-order chi connectivity index (χ1) is 15.2. The van der Waals surface area contributed by atoms with Crippen molar-refractivity contribution in [2.45, 2.75) is 33.9 Å². The Morgan fingerprint density at radius 3 is 1.87 bits per heavy atom. The predicted molar refractivity (Wildman–Crippen MR) is 122 cm³/mol. The molecule has 0 aliphatic heterocycles. The van der Waals surface area contributed by atoms with Crippen molar-refractivity contribution < 1.29 is 19.1 Å². The molecule has 3 rings (SSSR count). The van der Waals surface area contributed by atoms with Crippen molar-refractivity contribution in [1.29, 1.82) is 0 Å². The van der Waals surface area contributed by atoms with Crippen LogP contribution >= 0.6 is 0 Å². The number of unbranched alkanes of at least 4 members (excludes halogenated alkanes) is 1. The fourth-order valence-corrected chi connectivity index (χ4v) is 5.03. The second-order valence-corrected chi connectivity index (χ2v) is 8.73. The van der Waals surface area contributed by atoms with E-state index in [-0.39, 0.29) is 29.9 Å². The highest BCUT2D eigenvalue weighted by Gasteiger charge is 2.28. The van der Waals surface area contributed by atoms with Crippen LogP contribution < -0.4 is 4.74 Å². The second-order valence-electron chi connectivity index (χ2n) is 6.71. The lowest BCUT2D eigenvalue weighted by Crippen LogP contribution is -2.09. The lowest BCUT2D eigenvalue weighted by atomic mass is 10.2. The Morgan fingerprint density at radius 2 is 1.32 bits per heavy atom. The first-order valence-electron chi connectivity index (χ1n) is 10.1. The van der Waals surface area contributed by atoms with Crippen LogP contribution in [-0.2, 0) is 25.2 Å². The smallest absolute Gasteiger partial charge is 0.330 e. The van der Waals surface area contributed by atoms with Gasteiger partial charge in [0.15, 0.2) is 14.7 Å². The van der Waals surface area contributed by atoms with Crippen LogP contribution in [0.4, 0.5) is 0 Å². The van der Waals surface area contributed by atoms with E-state index in [1.54, 1.807) is 0 Å². The van der Waals surface area contributed by atoms with Crippen molar-refractivity contribution in [2.24, 2.45) is 0 Å². The zero-order chi connectivity index (χ0) is 21.9. The van der Waals surface area contributed by atoms with Crippen LogP contribution in [0.15, 0.2) is 112 Å². The van der Waals surface area contributed by atoms with Crippen molar-refractivity contribution in [3.05, 3.63) is 97.6 Å². The molecule has 0 bridgehead atoms. The van der Waals surface area contributed by atoms with Crippen LogP contribution in [0, 0.1) is 0 Å². The van der Waals surface area contributed by atoms with Gasteiger partial charge in [0.1, 0.15) is 5.75 Å². The van der Waals surface area contributed by atoms with Crippen LogP contribution in [0.1, 0.15) is 19.3 Å². The third-order valence-corrected chi connectivity index (χ3v) is 6.67. The van der Waals surface area contributed by atoms with Crippen molar-refractivity contribution in [2.75, 3.05) is 6.61 Å². The molecule has 0 N–H and O–H groups in total. The Labute approximate surface area is 185 Å². The minimum absolute atomic E-state index is 0.237. The maximum atomic E-state index is 12.1. The molecule has 0 aliphatic rings. The minimum Gasteiger partial charge on any atom is -0.463 e. The van der Waals surface area contributed by atoms with Gasteiger partial charge in [-0.15, -0.1) is 0 Å². The predicted octanol–water partition coefficient (Wildman–Crippen LogP) is 5.59. The van der Waals surface area contributed by atoms with E-state index in [1.807, 2.05) is 60.7 Å². The molecule has 4 nitrogen and oxygen atoms in total. The van der Waals surface area contributed by atoms with Crippen molar-refractivity contribution in [3.63, 3.8) is 0 Å². The Bertz CT molecular complexity index is 945.